The zero-order valence-corrected chi connectivity index (χ0v) is 11.9. The topological polar surface area (TPSA) is 119 Å². The van der Waals surface area contributed by atoms with Gasteiger partial charge in [0.1, 0.15) is 6.33 Å². The molecule has 0 aliphatic rings. The Bertz CT molecular complexity index is 604. The first-order valence-corrected chi connectivity index (χ1v) is 6.72. The van der Waals surface area contributed by atoms with E-state index in [1.165, 1.54) is 17.7 Å². The fourth-order valence-electron chi connectivity index (χ4n) is 1.40. The molecule has 0 amide bonds. The van der Waals surface area contributed by atoms with E-state index in [2.05, 4.69) is 36.6 Å². The highest BCUT2D eigenvalue weighted by atomic mass is 79.9. The maximum absolute atomic E-state index is 11.0. The zero-order valence-electron chi connectivity index (χ0n) is 9.46. The molecular formula is C9H9BrN6O2S. The molecule has 2 rings (SSSR count). The van der Waals surface area contributed by atoms with Crippen molar-refractivity contribution in [2.24, 2.45) is 5.84 Å². The molecule has 2 heterocycles. The number of hydrogen-bond donors (Lipinski definition) is 3. The first kappa shape index (κ1) is 13.6. The lowest BCUT2D eigenvalue weighted by atomic mass is 10.4. The molecule has 8 nitrogen and oxygen atoms in total. The van der Waals surface area contributed by atoms with Crippen molar-refractivity contribution in [1.29, 1.82) is 0 Å². The third kappa shape index (κ3) is 2.97. The summed E-state index contributed by atoms with van der Waals surface area (Å²) in [6.07, 6.45) is 1.20. The number of nitrogens with one attached hydrogen (secondary N) is 2. The minimum Gasteiger partial charge on any atom is -0.359 e. The molecule has 0 aromatic carbocycles. The first-order valence-electron chi connectivity index (χ1n) is 5.05. The van der Waals surface area contributed by atoms with E-state index in [1.54, 1.807) is 0 Å². The second kappa shape index (κ2) is 5.91. The van der Waals surface area contributed by atoms with Gasteiger partial charge in [-0.15, -0.1) is 11.3 Å². The van der Waals surface area contributed by atoms with Crippen LogP contribution in [0.15, 0.2) is 22.2 Å². The lowest BCUT2D eigenvalue weighted by molar-refractivity contribution is -0.383. The van der Waals surface area contributed by atoms with Crippen LogP contribution < -0.4 is 16.6 Å². The molecule has 2 aromatic rings. The highest BCUT2D eigenvalue weighted by Crippen LogP contribution is 2.29. The largest absolute Gasteiger partial charge is 0.359 e. The van der Waals surface area contributed by atoms with Gasteiger partial charge in [-0.2, -0.15) is 0 Å². The summed E-state index contributed by atoms with van der Waals surface area (Å²) in [5.74, 6) is 5.28. The maximum atomic E-state index is 11.0. The Balaban J connectivity index is 2.25. The number of hydrazine groups is 1. The maximum Gasteiger partial charge on any atom is 0.354 e. The van der Waals surface area contributed by atoms with Crippen molar-refractivity contribution >= 4 is 44.6 Å². The third-order valence-electron chi connectivity index (χ3n) is 2.25. The number of aromatic nitrogens is 2. The molecule has 0 aliphatic heterocycles. The predicted octanol–water partition coefficient (Wildman–Crippen LogP) is 2.11. The Morgan fingerprint density at radius 1 is 1.47 bits per heavy atom. The van der Waals surface area contributed by atoms with Gasteiger partial charge in [0, 0.05) is 9.35 Å². The van der Waals surface area contributed by atoms with Gasteiger partial charge in [-0.3, -0.25) is 10.1 Å². The Hall–Kier alpha value is -1.78. The van der Waals surface area contributed by atoms with Crippen molar-refractivity contribution in [2.75, 3.05) is 10.7 Å². The van der Waals surface area contributed by atoms with Gasteiger partial charge >= 0.3 is 5.69 Å². The molecule has 19 heavy (non-hydrogen) atoms. The van der Waals surface area contributed by atoms with E-state index in [4.69, 9.17) is 5.84 Å². The van der Waals surface area contributed by atoms with E-state index >= 15 is 0 Å². The van der Waals surface area contributed by atoms with Crippen molar-refractivity contribution in [2.45, 2.75) is 6.54 Å². The van der Waals surface area contributed by atoms with Crippen molar-refractivity contribution in [3.63, 3.8) is 0 Å². The van der Waals surface area contributed by atoms with Gasteiger partial charge in [0.2, 0.25) is 11.6 Å². The number of halogens is 1. The summed E-state index contributed by atoms with van der Waals surface area (Å²) in [6, 6.07) is 1.91. The van der Waals surface area contributed by atoms with Crippen LogP contribution in [0.1, 0.15) is 4.88 Å². The molecule has 4 N–H and O–H groups in total. The monoisotopic (exact) mass is 344 g/mol. The molecule has 10 heteroatoms. The average molecular weight is 345 g/mol. The number of nitro groups is 1. The predicted molar refractivity (Wildman–Crippen MR) is 75.8 cm³/mol. The molecule has 0 bridgehead atoms. The van der Waals surface area contributed by atoms with Crippen LogP contribution in [-0.2, 0) is 6.54 Å². The summed E-state index contributed by atoms with van der Waals surface area (Å²) in [7, 11) is 0. The minimum absolute atomic E-state index is 0.0345. The lowest BCUT2D eigenvalue weighted by Crippen LogP contribution is -2.13. The summed E-state index contributed by atoms with van der Waals surface area (Å²) in [4.78, 5) is 19.0. The Labute approximate surface area is 120 Å². The van der Waals surface area contributed by atoms with E-state index in [9.17, 15) is 10.1 Å². The highest BCUT2D eigenvalue weighted by molar-refractivity contribution is 9.10. The summed E-state index contributed by atoms with van der Waals surface area (Å²) >= 11 is 4.92. The molecule has 2 aromatic heterocycles. The number of thiophene rings is 1. The van der Waals surface area contributed by atoms with Gasteiger partial charge in [0.15, 0.2) is 0 Å². The second-order valence-corrected chi connectivity index (χ2v) is 5.22. The molecule has 0 unspecified atom stereocenters. The number of anilines is 2. The van der Waals surface area contributed by atoms with Gasteiger partial charge in [-0.1, -0.05) is 0 Å². The Morgan fingerprint density at radius 2 is 2.21 bits per heavy atom. The van der Waals surface area contributed by atoms with Crippen LogP contribution in [0.25, 0.3) is 0 Å². The summed E-state index contributed by atoms with van der Waals surface area (Å²) in [6.45, 7) is 0.417. The number of rotatable bonds is 5. The van der Waals surface area contributed by atoms with E-state index < -0.39 is 4.92 Å². The smallest absolute Gasteiger partial charge is 0.354 e. The average Bonchev–Trinajstić information content (AvgIpc) is 2.81. The van der Waals surface area contributed by atoms with Gasteiger partial charge in [-0.05, 0) is 27.4 Å². The summed E-state index contributed by atoms with van der Waals surface area (Å²) < 4.78 is 0.943. The van der Waals surface area contributed by atoms with Crippen LogP contribution in [0.5, 0.6) is 0 Å². The minimum atomic E-state index is -0.582. The van der Waals surface area contributed by atoms with Crippen molar-refractivity contribution < 1.29 is 4.92 Å². The van der Waals surface area contributed by atoms with Crippen LogP contribution in [0.2, 0.25) is 0 Å². The molecule has 0 atom stereocenters. The van der Waals surface area contributed by atoms with Crippen LogP contribution in [-0.4, -0.2) is 14.9 Å². The molecule has 0 radical (unpaired) electrons. The molecule has 0 fully saturated rings. The van der Waals surface area contributed by atoms with Crippen LogP contribution in [0, 0.1) is 10.1 Å². The van der Waals surface area contributed by atoms with Crippen molar-refractivity contribution in [3.8, 4) is 0 Å². The quantitative estimate of drug-likeness (QED) is 0.431. The van der Waals surface area contributed by atoms with E-state index in [0.29, 0.717) is 6.54 Å². The normalized spacial score (nSPS) is 10.2. The third-order valence-corrected chi connectivity index (χ3v) is 4.18. The number of nitrogens with two attached hydrogens (primary N) is 1. The molecule has 0 saturated carbocycles. The Morgan fingerprint density at radius 3 is 2.79 bits per heavy atom. The zero-order chi connectivity index (χ0) is 13.8. The molecule has 0 saturated heterocycles. The highest BCUT2D eigenvalue weighted by Gasteiger charge is 2.22. The summed E-state index contributed by atoms with van der Waals surface area (Å²) in [5, 5.41) is 15.8. The molecule has 0 aliphatic carbocycles. The fourth-order valence-corrected chi connectivity index (χ4v) is 2.83. The van der Waals surface area contributed by atoms with Crippen LogP contribution in [0.4, 0.5) is 17.3 Å². The van der Waals surface area contributed by atoms with E-state index in [-0.39, 0.29) is 17.3 Å². The van der Waals surface area contributed by atoms with E-state index in [1.807, 2.05) is 11.4 Å². The lowest BCUT2D eigenvalue weighted by Gasteiger charge is -2.07. The first-order chi connectivity index (χ1) is 9.13. The molecule has 0 spiro atoms. The molecule has 100 valence electrons. The van der Waals surface area contributed by atoms with E-state index in [0.717, 1.165) is 9.35 Å². The van der Waals surface area contributed by atoms with Gasteiger partial charge in [0.05, 0.1) is 11.5 Å². The van der Waals surface area contributed by atoms with Gasteiger partial charge < -0.3 is 10.7 Å². The van der Waals surface area contributed by atoms with Crippen molar-refractivity contribution in [1.82, 2.24) is 9.97 Å². The van der Waals surface area contributed by atoms with Gasteiger partial charge in [0.25, 0.3) is 0 Å². The number of hydrogen-bond acceptors (Lipinski definition) is 8. The standard InChI is InChI=1S/C9H9BrN6O2S/c10-5-1-2-19-6(5)3-12-8-7(16(17)18)9(15-11)14-4-13-8/h1-2,4H,3,11H2,(H2,12,13,14,15). The van der Waals surface area contributed by atoms with Crippen LogP contribution in [0.3, 0.4) is 0 Å². The Kier molecular flexibility index (Phi) is 4.24. The van der Waals surface area contributed by atoms with Crippen molar-refractivity contribution in [3.05, 3.63) is 37.2 Å². The van der Waals surface area contributed by atoms with Gasteiger partial charge in [-0.25, -0.2) is 15.8 Å². The fraction of sp³-hybridized carbons (Fsp3) is 0.111. The molecular weight excluding hydrogens is 336 g/mol. The summed E-state index contributed by atoms with van der Waals surface area (Å²) in [5.41, 5.74) is 1.90. The second-order valence-electron chi connectivity index (χ2n) is 3.37. The SMILES string of the molecule is NNc1ncnc(NCc2sccc2Br)c1[N+](=O)[O-]. The number of nitrogen functional groups attached to an aromatic ring is 1. The van der Waals surface area contributed by atoms with Crippen LogP contribution >= 0.6 is 27.3 Å². The number of nitrogens with zero attached hydrogens (tertiary/aromatic N) is 3.